The van der Waals surface area contributed by atoms with Gasteiger partial charge in [-0.3, -0.25) is 4.79 Å². The minimum Gasteiger partial charge on any atom is -0.465 e. The number of alkyl carbamates (subject to hydrolysis) is 1. The minimum absolute atomic E-state index is 0.0999. The normalized spacial score (nSPS) is 14.9. The van der Waals surface area contributed by atoms with Crippen LogP contribution in [0.3, 0.4) is 0 Å². The molecule has 5 rings (SSSR count). The van der Waals surface area contributed by atoms with Crippen LogP contribution in [0.2, 0.25) is 0 Å². The van der Waals surface area contributed by atoms with Crippen LogP contribution in [0.1, 0.15) is 65.7 Å². The van der Waals surface area contributed by atoms with Crippen LogP contribution in [0.15, 0.2) is 60.9 Å². The Bertz CT molecular complexity index is 1710. The Balaban J connectivity index is 1.21. The third-order valence-corrected chi connectivity index (χ3v) is 7.63. The summed E-state index contributed by atoms with van der Waals surface area (Å²) in [6.45, 7) is 4.87. The van der Waals surface area contributed by atoms with Crippen LogP contribution in [0, 0.1) is 17.8 Å². The van der Waals surface area contributed by atoms with E-state index < -0.39 is 12.1 Å². The summed E-state index contributed by atoms with van der Waals surface area (Å²) in [6.07, 6.45) is 4.54. The standard InChI is InChI=1S/C33H35N7O5/c1-21(2)29(36-33(43)45-4)31(41)40-17-5-6-28(40)30-34-18-27(35-30)24-12-7-22(8-13-24)11-16-26-20-39(38-37-26)19-23-9-14-25(15-10-23)32(42)44-3/h7-10,12-15,18,20-21,28-29H,5-6,17,19H2,1-4H3,(H,34,35)(H,36,43). The van der Waals surface area contributed by atoms with E-state index in [1.54, 1.807) is 34.1 Å². The minimum atomic E-state index is -0.683. The van der Waals surface area contributed by atoms with Crippen molar-refractivity contribution >= 4 is 18.0 Å². The first-order valence-electron chi connectivity index (χ1n) is 14.7. The van der Waals surface area contributed by atoms with Gasteiger partial charge >= 0.3 is 12.1 Å². The number of benzene rings is 2. The molecule has 0 saturated carbocycles. The molecular weight excluding hydrogens is 574 g/mol. The molecule has 45 heavy (non-hydrogen) atoms. The first kappa shape index (κ1) is 31.0. The second-order valence-electron chi connectivity index (χ2n) is 11.0. The number of methoxy groups -OCH3 is 2. The maximum atomic E-state index is 13.4. The molecule has 0 bridgehead atoms. The lowest BCUT2D eigenvalue weighted by molar-refractivity contribution is -0.135. The lowest BCUT2D eigenvalue weighted by Crippen LogP contribution is -2.51. The van der Waals surface area contributed by atoms with E-state index in [4.69, 9.17) is 9.47 Å². The summed E-state index contributed by atoms with van der Waals surface area (Å²) in [5.41, 5.74) is 4.58. The third kappa shape index (κ3) is 7.38. The molecule has 1 fully saturated rings. The number of aromatic amines is 1. The predicted molar refractivity (Wildman–Crippen MR) is 165 cm³/mol. The molecule has 3 heterocycles. The SMILES string of the molecule is COC(=O)NC(C(=O)N1CCCC1c1ncc(-c2ccc(C#Cc3cn(Cc4ccc(C(=O)OC)cc4)nn3)cc2)[nH]1)C(C)C. The van der Waals surface area contributed by atoms with Gasteiger partial charge in [0.2, 0.25) is 5.91 Å². The average molecular weight is 610 g/mol. The van der Waals surface area contributed by atoms with Crippen molar-refractivity contribution in [1.29, 1.82) is 0 Å². The van der Waals surface area contributed by atoms with Gasteiger partial charge in [0.1, 0.15) is 11.9 Å². The van der Waals surface area contributed by atoms with E-state index in [0.29, 0.717) is 30.2 Å². The molecule has 4 aromatic rings. The highest BCUT2D eigenvalue weighted by molar-refractivity contribution is 5.89. The fourth-order valence-corrected chi connectivity index (χ4v) is 5.20. The number of carbonyl (C=O) groups excluding carboxylic acids is 3. The Morgan fingerprint density at radius 2 is 1.80 bits per heavy atom. The predicted octanol–water partition coefficient (Wildman–Crippen LogP) is 3.95. The molecule has 12 heteroatoms. The van der Waals surface area contributed by atoms with Crippen LogP contribution >= 0.6 is 0 Å². The summed E-state index contributed by atoms with van der Waals surface area (Å²) >= 11 is 0. The highest BCUT2D eigenvalue weighted by Crippen LogP contribution is 2.32. The number of hydrogen-bond acceptors (Lipinski definition) is 8. The Morgan fingerprint density at radius 3 is 2.49 bits per heavy atom. The molecule has 2 atom stereocenters. The van der Waals surface area contributed by atoms with Crippen LogP contribution in [0.5, 0.6) is 0 Å². The molecule has 0 aliphatic carbocycles. The first-order valence-corrected chi connectivity index (χ1v) is 14.7. The Labute approximate surface area is 261 Å². The molecule has 0 spiro atoms. The zero-order valence-electron chi connectivity index (χ0n) is 25.6. The molecule has 2 aromatic heterocycles. The monoisotopic (exact) mass is 609 g/mol. The van der Waals surface area contributed by atoms with Gasteiger partial charge in [-0.15, -0.1) is 5.10 Å². The van der Waals surface area contributed by atoms with Gasteiger partial charge < -0.3 is 24.7 Å². The van der Waals surface area contributed by atoms with E-state index in [1.165, 1.54) is 14.2 Å². The van der Waals surface area contributed by atoms with E-state index in [0.717, 1.165) is 35.2 Å². The molecule has 0 radical (unpaired) electrons. The topological polar surface area (TPSA) is 144 Å². The molecule has 12 nitrogen and oxygen atoms in total. The van der Waals surface area contributed by atoms with Crippen molar-refractivity contribution in [3.63, 3.8) is 0 Å². The van der Waals surface area contributed by atoms with Crippen LogP contribution in [0.4, 0.5) is 4.79 Å². The molecule has 1 aliphatic rings. The van der Waals surface area contributed by atoms with Crippen LogP contribution in [0.25, 0.3) is 11.3 Å². The van der Waals surface area contributed by atoms with Crippen molar-refractivity contribution in [1.82, 2.24) is 35.2 Å². The fraction of sp³-hybridized carbons (Fsp3) is 0.333. The number of carbonyl (C=O) groups is 3. The van der Waals surface area contributed by atoms with Gasteiger partial charge in [-0.25, -0.2) is 19.3 Å². The number of H-pyrrole nitrogens is 1. The summed E-state index contributed by atoms with van der Waals surface area (Å²) in [6, 6.07) is 14.0. The summed E-state index contributed by atoms with van der Waals surface area (Å²) in [4.78, 5) is 46.7. The lowest BCUT2D eigenvalue weighted by Gasteiger charge is -2.30. The smallest absolute Gasteiger partial charge is 0.407 e. The largest absolute Gasteiger partial charge is 0.465 e. The van der Waals surface area contributed by atoms with Crippen LogP contribution < -0.4 is 5.32 Å². The van der Waals surface area contributed by atoms with E-state index in [-0.39, 0.29) is 23.8 Å². The summed E-state index contributed by atoms with van der Waals surface area (Å²) in [7, 11) is 2.64. The van der Waals surface area contributed by atoms with Gasteiger partial charge in [-0.05, 0) is 60.1 Å². The lowest BCUT2D eigenvalue weighted by atomic mass is 10.0. The average Bonchev–Trinajstić information content (AvgIpc) is 3.84. The van der Waals surface area contributed by atoms with Crippen molar-refractivity contribution in [3.05, 3.63) is 89.1 Å². The van der Waals surface area contributed by atoms with Gasteiger partial charge in [-0.2, -0.15) is 0 Å². The zero-order chi connectivity index (χ0) is 31.9. The van der Waals surface area contributed by atoms with Crippen molar-refractivity contribution in [2.75, 3.05) is 20.8 Å². The van der Waals surface area contributed by atoms with Crippen molar-refractivity contribution in [2.24, 2.45) is 5.92 Å². The number of aromatic nitrogens is 5. The van der Waals surface area contributed by atoms with Gasteiger partial charge in [0.05, 0.1) is 50.5 Å². The van der Waals surface area contributed by atoms with E-state index >= 15 is 0 Å². The van der Waals surface area contributed by atoms with E-state index in [9.17, 15) is 14.4 Å². The van der Waals surface area contributed by atoms with Gasteiger partial charge in [0, 0.05) is 12.1 Å². The third-order valence-electron chi connectivity index (χ3n) is 7.63. The highest BCUT2D eigenvalue weighted by Gasteiger charge is 2.37. The van der Waals surface area contributed by atoms with Crippen LogP contribution in [-0.4, -0.2) is 74.6 Å². The fourth-order valence-electron chi connectivity index (χ4n) is 5.20. The summed E-state index contributed by atoms with van der Waals surface area (Å²) < 4.78 is 11.1. The Hall–Kier alpha value is -5.44. The number of imidazole rings is 1. The molecule has 2 amide bonds. The molecule has 2 N–H and O–H groups in total. The number of nitrogens with one attached hydrogen (secondary N) is 2. The quantitative estimate of drug-likeness (QED) is 0.226. The maximum absolute atomic E-state index is 13.4. The first-order chi connectivity index (χ1) is 21.7. The van der Waals surface area contributed by atoms with Crippen LogP contribution in [-0.2, 0) is 20.8 Å². The number of amides is 2. The summed E-state index contributed by atoms with van der Waals surface area (Å²) in [5.74, 6) is 6.26. The molecule has 2 aromatic carbocycles. The highest BCUT2D eigenvalue weighted by atomic mass is 16.5. The van der Waals surface area contributed by atoms with Crippen molar-refractivity contribution in [2.45, 2.75) is 45.3 Å². The number of nitrogens with zero attached hydrogens (tertiary/aromatic N) is 5. The van der Waals surface area contributed by atoms with Crippen molar-refractivity contribution < 1.29 is 23.9 Å². The number of likely N-dealkylation sites (tertiary alicyclic amines) is 1. The van der Waals surface area contributed by atoms with Gasteiger partial charge in [0.25, 0.3) is 0 Å². The molecule has 1 aliphatic heterocycles. The molecule has 2 unspecified atom stereocenters. The molecule has 1 saturated heterocycles. The second kappa shape index (κ2) is 13.9. The number of ether oxygens (including phenoxy) is 2. The van der Waals surface area contributed by atoms with Gasteiger partial charge in [0.15, 0.2) is 5.69 Å². The van der Waals surface area contributed by atoms with Crippen molar-refractivity contribution in [3.8, 4) is 23.1 Å². The second-order valence-corrected chi connectivity index (χ2v) is 11.0. The summed E-state index contributed by atoms with van der Waals surface area (Å²) in [5, 5.41) is 11.0. The van der Waals surface area contributed by atoms with Gasteiger partial charge in [-0.1, -0.05) is 49.2 Å². The molecule has 232 valence electrons. The Kier molecular flexibility index (Phi) is 9.57. The maximum Gasteiger partial charge on any atom is 0.407 e. The number of hydrogen-bond donors (Lipinski definition) is 2. The number of esters is 1. The molecular formula is C33H35N7O5. The Morgan fingerprint density at radius 1 is 1.04 bits per heavy atom. The van der Waals surface area contributed by atoms with E-state index in [2.05, 4.69) is 37.4 Å². The van der Waals surface area contributed by atoms with E-state index in [1.807, 2.05) is 50.2 Å². The zero-order valence-corrected chi connectivity index (χ0v) is 25.6. The number of rotatable bonds is 8.